The number of nitrogen functional groups attached to an aromatic ring is 1. The Hall–Kier alpha value is -1.60. The Labute approximate surface area is 115 Å². The topological polar surface area (TPSA) is 72.2 Å². The minimum atomic E-state index is -3.35. The number of nitrogens with one attached hydrogen (secondary N) is 1. The molecule has 0 aliphatic rings. The Kier molecular flexibility index (Phi) is 3.77. The van der Waals surface area contributed by atoms with Gasteiger partial charge in [-0.1, -0.05) is 0 Å². The Morgan fingerprint density at radius 2 is 2.11 bits per heavy atom. The van der Waals surface area contributed by atoms with Gasteiger partial charge in [0.2, 0.25) is 0 Å². The van der Waals surface area contributed by atoms with E-state index in [4.69, 9.17) is 5.73 Å². The Bertz CT molecular complexity index is 696. The number of rotatable bonds is 4. The van der Waals surface area contributed by atoms with E-state index in [-0.39, 0.29) is 10.6 Å². The molecule has 0 amide bonds. The molecule has 19 heavy (non-hydrogen) atoms. The number of anilines is 2. The van der Waals surface area contributed by atoms with E-state index in [0.717, 1.165) is 17.2 Å². The van der Waals surface area contributed by atoms with Crippen molar-refractivity contribution in [2.45, 2.75) is 11.4 Å². The van der Waals surface area contributed by atoms with Gasteiger partial charge in [-0.15, -0.1) is 11.3 Å². The Morgan fingerprint density at radius 3 is 2.68 bits per heavy atom. The molecule has 7 heteroatoms. The Morgan fingerprint density at radius 1 is 1.37 bits per heavy atom. The lowest BCUT2D eigenvalue weighted by molar-refractivity contribution is 0.600. The maximum Gasteiger partial charge on any atom is 0.175 e. The average Bonchev–Trinajstić information content (AvgIpc) is 2.72. The van der Waals surface area contributed by atoms with Crippen LogP contribution in [-0.4, -0.2) is 14.7 Å². The van der Waals surface area contributed by atoms with E-state index in [1.165, 1.54) is 23.5 Å². The fourth-order valence-electron chi connectivity index (χ4n) is 1.54. The number of thiophene rings is 1. The predicted octanol–water partition coefficient (Wildman–Crippen LogP) is 2.49. The quantitative estimate of drug-likeness (QED) is 0.851. The number of hydrogen-bond acceptors (Lipinski definition) is 5. The van der Waals surface area contributed by atoms with E-state index in [9.17, 15) is 12.8 Å². The fraction of sp³-hybridized carbons (Fsp3) is 0.167. The van der Waals surface area contributed by atoms with Crippen LogP contribution >= 0.6 is 11.3 Å². The summed E-state index contributed by atoms with van der Waals surface area (Å²) in [4.78, 5) is 0.958. The molecule has 0 radical (unpaired) electrons. The zero-order valence-corrected chi connectivity index (χ0v) is 11.8. The molecule has 0 saturated carbocycles. The number of hydrogen-bond donors (Lipinski definition) is 2. The van der Waals surface area contributed by atoms with Crippen molar-refractivity contribution >= 4 is 32.5 Å². The van der Waals surface area contributed by atoms with Crippen LogP contribution in [0.15, 0.2) is 34.5 Å². The van der Waals surface area contributed by atoms with Gasteiger partial charge in [-0.2, -0.15) is 0 Å². The first kappa shape index (κ1) is 13.8. The van der Waals surface area contributed by atoms with Crippen LogP contribution in [0.4, 0.5) is 15.8 Å². The minimum Gasteiger partial charge on any atom is -0.398 e. The highest BCUT2D eigenvalue weighted by molar-refractivity contribution is 7.90. The van der Waals surface area contributed by atoms with Crippen LogP contribution in [0.2, 0.25) is 0 Å². The van der Waals surface area contributed by atoms with Gasteiger partial charge in [0.25, 0.3) is 0 Å². The smallest absolute Gasteiger partial charge is 0.175 e. The van der Waals surface area contributed by atoms with Crippen molar-refractivity contribution < 1.29 is 12.8 Å². The maximum atomic E-state index is 13.6. The lowest BCUT2D eigenvalue weighted by Gasteiger charge is -2.08. The first-order chi connectivity index (χ1) is 8.88. The number of benzene rings is 1. The summed E-state index contributed by atoms with van der Waals surface area (Å²) in [6.07, 6.45) is 1.08. The van der Waals surface area contributed by atoms with Crippen LogP contribution < -0.4 is 11.1 Å². The molecule has 2 aromatic rings. The highest BCUT2D eigenvalue weighted by atomic mass is 32.2. The van der Waals surface area contributed by atoms with Gasteiger partial charge in [0, 0.05) is 16.8 Å². The van der Waals surface area contributed by atoms with Crippen molar-refractivity contribution in [3.63, 3.8) is 0 Å². The van der Waals surface area contributed by atoms with Gasteiger partial charge >= 0.3 is 0 Å². The summed E-state index contributed by atoms with van der Waals surface area (Å²) < 4.78 is 36.4. The molecular weight excluding hydrogens is 287 g/mol. The third kappa shape index (κ3) is 3.24. The minimum absolute atomic E-state index is 0.0792. The van der Waals surface area contributed by atoms with Crippen molar-refractivity contribution in [3.05, 3.63) is 40.3 Å². The second kappa shape index (κ2) is 5.18. The number of sulfone groups is 1. The molecule has 2 rings (SSSR count). The van der Waals surface area contributed by atoms with Gasteiger partial charge < -0.3 is 11.1 Å². The summed E-state index contributed by atoms with van der Waals surface area (Å²) in [6.45, 7) is 0.355. The molecule has 102 valence electrons. The van der Waals surface area contributed by atoms with E-state index in [1.54, 1.807) is 6.07 Å². The molecular formula is C12H13FN2O2S2. The molecule has 0 atom stereocenters. The predicted molar refractivity (Wildman–Crippen MR) is 75.6 cm³/mol. The summed E-state index contributed by atoms with van der Waals surface area (Å²) in [5, 5.41) is 4.70. The first-order valence-corrected chi connectivity index (χ1v) is 8.20. The zero-order chi connectivity index (χ0) is 14.0. The van der Waals surface area contributed by atoms with Crippen molar-refractivity contribution in [1.82, 2.24) is 0 Å². The molecule has 0 spiro atoms. The third-order valence-corrected chi connectivity index (χ3v) is 4.63. The van der Waals surface area contributed by atoms with Crippen LogP contribution in [0.1, 0.15) is 4.88 Å². The van der Waals surface area contributed by atoms with Crippen molar-refractivity contribution in [2.24, 2.45) is 0 Å². The molecule has 0 aliphatic heterocycles. The SMILES string of the molecule is CS(=O)(=O)c1ccc(F)c(NCc2sccc2N)c1. The molecule has 0 saturated heterocycles. The number of halogens is 1. The van der Waals surface area contributed by atoms with Crippen LogP contribution in [0.25, 0.3) is 0 Å². The molecule has 0 fully saturated rings. The summed E-state index contributed by atoms with van der Waals surface area (Å²) >= 11 is 1.46. The zero-order valence-electron chi connectivity index (χ0n) is 10.2. The highest BCUT2D eigenvalue weighted by Gasteiger charge is 2.11. The lowest BCUT2D eigenvalue weighted by Crippen LogP contribution is -2.04. The standard InChI is InChI=1S/C12H13FN2O2S2/c1-19(16,17)8-2-3-9(13)11(6-8)15-7-12-10(14)4-5-18-12/h2-6,15H,7,14H2,1H3. The van der Waals surface area contributed by atoms with Crippen LogP contribution in [-0.2, 0) is 16.4 Å². The van der Waals surface area contributed by atoms with E-state index in [0.29, 0.717) is 12.2 Å². The summed E-state index contributed by atoms with van der Waals surface area (Å²) in [6, 6.07) is 5.44. The van der Waals surface area contributed by atoms with Crippen molar-refractivity contribution in [3.8, 4) is 0 Å². The van der Waals surface area contributed by atoms with E-state index in [2.05, 4.69) is 5.32 Å². The van der Waals surface area contributed by atoms with Gasteiger partial charge in [-0.3, -0.25) is 0 Å². The van der Waals surface area contributed by atoms with Gasteiger partial charge in [-0.05, 0) is 29.6 Å². The Balaban J connectivity index is 2.23. The van der Waals surface area contributed by atoms with Gasteiger partial charge in [-0.25, -0.2) is 12.8 Å². The number of nitrogens with two attached hydrogens (primary N) is 1. The third-order valence-electron chi connectivity index (χ3n) is 2.59. The van der Waals surface area contributed by atoms with Crippen molar-refractivity contribution in [1.29, 1.82) is 0 Å². The second-order valence-corrected chi connectivity index (χ2v) is 7.08. The molecule has 1 aromatic heterocycles. The second-order valence-electron chi connectivity index (χ2n) is 4.07. The van der Waals surface area contributed by atoms with Gasteiger partial charge in [0.1, 0.15) is 5.82 Å². The summed E-state index contributed by atoms with van der Waals surface area (Å²) in [5.41, 5.74) is 6.51. The van der Waals surface area contributed by atoms with E-state index >= 15 is 0 Å². The molecule has 4 nitrogen and oxygen atoms in total. The van der Waals surface area contributed by atoms with Gasteiger partial charge in [0.15, 0.2) is 9.84 Å². The van der Waals surface area contributed by atoms with Crippen molar-refractivity contribution in [2.75, 3.05) is 17.3 Å². The normalized spacial score (nSPS) is 11.5. The maximum absolute atomic E-state index is 13.6. The highest BCUT2D eigenvalue weighted by Crippen LogP contribution is 2.23. The van der Waals surface area contributed by atoms with E-state index in [1.807, 2.05) is 5.38 Å². The largest absolute Gasteiger partial charge is 0.398 e. The molecule has 1 heterocycles. The molecule has 0 unspecified atom stereocenters. The molecule has 0 aliphatic carbocycles. The molecule has 0 bridgehead atoms. The molecule has 1 aromatic carbocycles. The fourth-order valence-corrected chi connectivity index (χ4v) is 2.93. The first-order valence-electron chi connectivity index (χ1n) is 5.43. The summed E-state index contributed by atoms with van der Waals surface area (Å²) in [7, 11) is -3.35. The van der Waals surface area contributed by atoms with Crippen LogP contribution in [0.3, 0.4) is 0 Å². The van der Waals surface area contributed by atoms with E-state index < -0.39 is 15.7 Å². The van der Waals surface area contributed by atoms with Gasteiger partial charge in [0.05, 0.1) is 17.1 Å². The average molecular weight is 300 g/mol. The van der Waals surface area contributed by atoms with Crippen LogP contribution in [0, 0.1) is 5.82 Å². The lowest BCUT2D eigenvalue weighted by atomic mass is 10.3. The molecule has 3 N–H and O–H groups in total. The van der Waals surface area contributed by atoms with Crippen LogP contribution in [0.5, 0.6) is 0 Å². The monoisotopic (exact) mass is 300 g/mol. The summed E-state index contributed by atoms with van der Waals surface area (Å²) in [5.74, 6) is -0.498.